The molecular weight excluding hydrogens is 310 g/mol. The second-order valence-corrected chi connectivity index (χ2v) is 5.97. The molecule has 0 spiro atoms. The van der Waals surface area contributed by atoms with Gasteiger partial charge in [-0.15, -0.1) is 0 Å². The number of nitrogens with zero attached hydrogens (tertiary/aromatic N) is 2. The zero-order valence-corrected chi connectivity index (χ0v) is 12.3. The highest BCUT2D eigenvalue weighted by Crippen LogP contribution is 2.39. The molecule has 2 heterocycles. The van der Waals surface area contributed by atoms with Crippen LogP contribution in [0.2, 0.25) is 0 Å². The molecule has 1 aliphatic carbocycles. The van der Waals surface area contributed by atoms with Crippen LogP contribution in [-0.4, -0.2) is 43.8 Å². The lowest BCUT2D eigenvalue weighted by Crippen LogP contribution is -2.46. The maximum Gasteiger partial charge on any atom is 0.327 e. The monoisotopic (exact) mass is 323 g/mol. The molecule has 3 rings (SSSR count). The van der Waals surface area contributed by atoms with Gasteiger partial charge in [-0.2, -0.15) is 0 Å². The second-order valence-electron chi connectivity index (χ2n) is 5.49. The molecule has 3 atom stereocenters. The minimum atomic E-state index is -1.23. The van der Waals surface area contributed by atoms with E-state index in [1.807, 2.05) is 0 Å². The summed E-state index contributed by atoms with van der Waals surface area (Å²) < 4.78 is 0. The SMILES string of the molecule is O=C(O)[C@@H](Cc1cnc[nH]1)N1C(=O)[C@H]2CC=C(Cl)C[C@H]2C1=O. The maximum absolute atomic E-state index is 12.5. The molecule has 2 N–H and O–H groups in total. The summed E-state index contributed by atoms with van der Waals surface area (Å²) in [7, 11) is 0. The van der Waals surface area contributed by atoms with Gasteiger partial charge in [0.2, 0.25) is 11.8 Å². The highest BCUT2D eigenvalue weighted by Gasteiger charge is 2.52. The Labute approximate surface area is 131 Å². The lowest BCUT2D eigenvalue weighted by atomic mass is 9.85. The van der Waals surface area contributed by atoms with E-state index in [0.29, 0.717) is 23.6 Å². The fourth-order valence-electron chi connectivity index (χ4n) is 3.05. The van der Waals surface area contributed by atoms with E-state index >= 15 is 0 Å². The lowest BCUT2D eigenvalue weighted by Gasteiger charge is -2.22. The normalized spacial score (nSPS) is 25.9. The number of imidazole rings is 1. The molecule has 1 aliphatic heterocycles. The van der Waals surface area contributed by atoms with Crippen LogP contribution in [0.15, 0.2) is 23.6 Å². The summed E-state index contributed by atoms with van der Waals surface area (Å²) in [6.45, 7) is 0. The van der Waals surface area contributed by atoms with E-state index in [4.69, 9.17) is 11.6 Å². The molecule has 0 bridgehead atoms. The molecule has 8 heteroatoms. The standard InChI is InChI=1S/C14H14ClN3O4/c15-7-1-2-9-10(3-7)13(20)18(12(9)19)11(14(21)22)4-8-5-16-6-17-8/h1,5-6,9-11H,2-4H2,(H,16,17)(H,21,22)/t9-,10+,11+/m0/s1. The number of hydrogen-bond donors (Lipinski definition) is 2. The van der Waals surface area contributed by atoms with Crippen molar-refractivity contribution < 1.29 is 19.5 Å². The summed E-state index contributed by atoms with van der Waals surface area (Å²) in [6, 6.07) is -1.23. The van der Waals surface area contributed by atoms with Crippen LogP contribution in [0.3, 0.4) is 0 Å². The van der Waals surface area contributed by atoms with E-state index in [0.717, 1.165) is 4.90 Å². The molecule has 22 heavy (non-hydrogen) atoms. The Kier molecular flexibility index (Phi) is 3.74. The Morgan fingerprint density at radius 1 is 1.45 bits per heavy atom. The summed E-state index contributed by atoms with van der Waals surface area (Å²) >= 11 is 5.95. The first-order valence-corrected chi connectivity index (χ1v) is 7.28. The van der Waals surface area contributed by atoms with Crippen LogP contribution in [0, 0.1) is 11.8 Å². The van der Waals surface area contributed by atoms with Crippen LogP contribution in [-0.2, 0) is 20.8 Å². The molecule has 116 valence electrons. The van der Waals surface area contributed by atoms with Gasteiger partial charge in [-0.25, -0.2) is 9.78 Å². The Balaban J connectivity index is 1.87. The summed E-state index contributed by atoms with van der Waals surface area (Å²) in [4.78, 5) is 44.0. The number of likely N-dealkylation sites (tertiary alicyclic amines) is 1. The number of amides is 2. The number of imide groups is 1. The highest BCUT2D eigenvalue weighted by atomic mass is 35.5. The molecule has 0 aromatic carbocycles. The number of H-pyrrole nitrogens is 1. The van der Waals surface area contributed by atoms with Crippen molar-refractivity contribution in [3.05, 3.63) is 29.3 Å². The van der Waals surface area contributed by atoms with Gasteiger partial charge in [0.05, 0.1) is 18.2 Å². The van der Waals surface area contributed by atoms with Crippen molar-refractivity contribution in [2.45, 2.75) is 25.3 Å². The maximum atomic E-state index is 12.5. The van der Waals surface area contributed by atoms with Crippen molar-refractivity contribution in [2.24, 2.45) is 11.8 Å². The van der Waals surface area contributed by atoms with E-state index < -0.39 is 35.7 Å². The molecule has 0 unspecified atom stereocenters. The Morgan fingerprint density at radius 3 is 2.82 bits per heavy atom. The quantitative estimate of drug-likeness (QED) is 0.802. The van der Waals surface area contributed by atoms with Gasteiger partial charge in [-0.05, 0) is 12.8 Å². The highest BCUT2D eigenvalue weighted by molar-refractivity contribution is 6.30. The number of carbonyl (C=O) groups is 3. The predicted octanol–water partition coefficient (Wildman–Crippen LogP) is 0.923. The van der Waals surface area contributed by atoms with Crippen molar-refractivity contribution in [1.82, 2.24) is 14.9 Å². The number of aliphatic carboxylic acids is 1. The molecule has 2 amide bonds. The third kappa shape index (κ3) is 2.41. The molecule has 2 aliphatic rings. The van der Waals surface area contributed by atoms with Crippen LogP contribution in [0.25, 0.3) is 0 Å². The number of rotatable bonds is 4. The van der Waals surface area contributed by atoms with Crippen LogP contribution in [0.4, 0.5) is 0 Å². The van der Waals surface area contributed by atoms with Gasteiger partial charge in [0, 0.05) is 23.3 Å². The molecule has 7 nitrogen and oxygen atoms in total. The zero-order valence-electron chi connectivity index (χ0n) is 11.5. The van der Waals surface area contributed by atoms with Crippen molar-refractivity contribution >= 4 is 29.4 Å². The van der Waals surface area contributed by atoms with E-state index in [-0.39, 0.29) is 6.42 Å². The van der Waals surface area contributed by atoms with Crippen molar-refractivity contribution in [3.63, 3.8) is 0 Å². The van der Waals surface area contributed by atoms with Crippen LogP contribution in [0.5, 0.6) is 0 Å². The number of aromatic nitrogens is 2. The number of carboxylic acids is 1. The van der Waals surface area contributed by atoms with Gasteiger partial charge in [-0.3, -0.25) is 14.5 Å². The van der Waals surface area contributed by atoms with Gasteiger partial charge in [0.25, 0.3) is 0 Å². The number of nitrogens with one attached hydrogen (secondary N) is 1. The smallest absolute Gasteiger partial charge is 0.327 e. The van der Waals surface area contributed by atoms with Crippen molar-refractivity contribution in [2.75, 3.05) is 0 Å². The summed E-state index contributed by atoms with van der Waals surface area (Å²) in [5.41, 5.74) is 0.555. The molecule has 1 saturated heterocycles. The Morgan fingerprint density at radius 2 is 2.18 bits per heavy atom. The number of halogens is 1. The van der Waals surface area contributed by atoms with Gasteiger partial charge < -0.3 is 10.1 Å². The molecular formula is C14H14ClN3O4. The molecule has 0 saturated carbocycles. The third-order valence-corrected chi connectivity index (χ3v) is 4.48. The number of allylic oxidation sites excluding steroid dienone is 2. The van der Waals surface area contributed by atoms with Crippen LogP contribution >= 0.6 is 11.6 Å². The molecule has 1 aromatic heterocycles. The number of fused-ring (bicyclic) bond motifs is 1. The first-order chi connectivity index (χ1) is 10.5. The second kappa shape index (κ2) is 5.57. The fourth-order valence-corrected chi connectivity index (χ4v) is 3.31. The van der Waals surface area contributed by atoms with Gasteiger partial charge in [-0.1, -0.05) is 17.7 Å². The zero-order chi connectivity index (χ0) is 15.9. The van der Waals surface area contributed by atoms with Gasteiger partial charge in [0.1, 0.15) is 6.04 Å². The first-order valence-electron chi connectivity index (χ1n) is 6.90. The first kappa shape index (κ1) is 14.8. The van der Waals surface area contributed by atoms with E-state index in [1.165, 1.54) is 12.5 Å². The topological polar surface area (TPSA) is 103 Å². The van der Waals surface area contributed by atoms with Crippen molar-refractivity contribution in [3.8, 4) is 0 Å². The summed E-state index contributed by atoms with van der Waals surface area (Å²) in [5, 5.41) is 9.98. The largest absolute Gasteiger partial charge is 0.480 e. The number of carbonyl (C=O) groups excluding carboxylic acids is 2. The minimum Gasteiger partial charge on any atom is -0.480 e. The van der Waals surface area contributed by atoms with E-state index in [9.17, 15) is 19.5 Å². The molecule has 0 radical (unpaired) electrons. The third-order valence-electron chi connectivity index (χ3n) is 4.17. The number of aromatic amines is 1. The molecule has 1 fully saturated rings. The average molecular weight is 324 g/mol. The van der Waals surface area contributed by atoms with Crippen molar-refractivity contribution in [1.29, 1.82) is 0 Å². The Hall–Kier alpha value is -2.15. The summed E-state index contributed by atoms with van der Waals surface area (Å²) in [6.07, 6.45) is 5.30. The van der Waals surface area contributed by atoms with E-state index in [2.05, 4.69) is 9.97 Å². The number of hydrogen-bond acceptors (Lipinski definition) is 4. The predicted molar refractivity (Wildman–Crippen MR) is 75.7 cm³/mol. The summed E-state index contributed by atoms with van der Waals surface area (Å²) in [5.74, 6) is -3.14. The average Bonchev–Trinajstić information content (AvgIpc) is 3.05. The minimum absolute atomic E-state index is 0.00736. The Bertz CT molecular complexity index is 655. The number of carboxylic acid groups (broad SMARTS) is 1. The van der Waals surface area contributed by atoms with Gasteiger partial charge >= 0.3 is 5.97 Å². The molecule has 1 aromatic rings. The van der Waals surface area contributed by atoms with Crippen LogP contribution < -0.4 is 0 Å². The van der Waals surface area contributed by atoms with E-state index in [1.54, 1.807) is 6.08 Å². The fraction of sp³-hybridized carbons (Fsp3) is 0.429. The van der Waals surface area contributed by atoms with Gasteiger partial charge in [0.15, 0.2) is 0 Å². The van der Waals surface area contributed by atoms with Crippen LogP contribution in [0.1, 0.15) is 18.5 Å². The lowest BCUT2D eigenvalue weighted by molar-refractivity contribution is -0.155.